The molecule has 19 heavy (non-hydrogen) atoms. The highest BCUT2D eigenvalue weighted by atomic mass is 16.5. The number of nitrogens with two attached hydrogens (primary N) is 1. The van der Waals surface area contributed by atoms with E-state index >= 15 is 0 Å². The molecular weight excluding hydrogens is 236 g/mol. The van der Waals surface area contributed by atoms with E-state index in [0.717, 1.165) is 37.9 Å². The Kier molecular flexibility index (Phi) is 3.92. The molecule has 3 heteroatoms. The molecule has 2 N–H and O–H groups in total. The van der Waals surface area contributed by atoms with Crippen molar-refractivity contribution in [2.75, 3.05) is 36.9 Å². The van der Waals surface area contributed by atoms with Crippen LogP contribution in [0.15, 0.2) is 18.2 Å². The molecule has 0 bridgehead atoms. The molecule has 1 aliphatic heterocycles. The van der Waals surface area contributed by atoms with E-state index < -0.39 is 0 Å². The first kappa shape index (κ1) is 12.8. The fourth-order valence-corrected chi connectivity index (χ4v) is 3.33. The summed E-state index contributed by atoms with van der Waals surface area (Å²) in [5.41, 5.74) is 9.77. The van der Waals surface area contributed by atoms with Crippen molar-refractivity contribution in [1.29, 1.82) is 0 Å². The maximum atomic E-state index is 6.17. The van der Waals surface area contributed by atoms with Crippen LogP contribution in [0.5, 0.6) is 0 Å². The Morgan fingerprint density at radius 3 is 2.53 bits per heavy atom. The highest BCUT2D eigenvalue weighted by molar-refractivity contribution is 5.69. The number of nitrogens with zero attached hydrogens (tertiary/aromatic N) is 1. The first-order valence-corrected chi connectivity index (χ1v) is 7.57. The molecule has 1 heterocycles. The first-order chi connectivity index (χ1) is 9.34. The molecule has 0 spiro atoms. The van der Waals surface area contributed by atoms with Gasteiger partial charge in [-0.2, -0.15) is 0 Å². The van der Waals surface area contributed by atoms with E-state index in [2.05, 4.69) is 23.1 Å². The molecule has 0 aromatic heterocycles. The molecule has 1 saturated carbocycles. The van der Waals surface area contributed by atoms with Gasteiger partial charge in [-0.15, -0.1) is 0 Å². The minimum absolute atomic E-state index is 0.745. The van der Waals surface area contributed by atoms with E-state index in [4.69, 9.17) is 10.5 Å². The topological polar surface area (TPSA) is 38.5 Å². The molecular formula is C16H24N2O. The van der Waals surface area contributed by atoms with Crippen molar-refractivity contribution in [1.82, 2.24) is 0 Å². The molecule has 3 nitrogen and oxygen atoms in total. The van der Waals surface area contributed by atoms with E-state index in [1.807, 2.05) is 0 Å². The predicted octanol–water partition coefficient (Wildman–Crippen LogP) is 3.15. The Hall–Kier alpha value is -1.22. The summed E-state index contributed by atoms with van der Waals surface area (Å²) in [4.78, 5) is 2.37. The molecule has 1 saturated heterocycles. The fourth-order valence-electron chi connectivity index (χ4n) is 3.33. The van der Waals surface area contributed by atoms with Crippen LogP contribution in [0.4, 0.5) is 11.4 Å². The van der Waals surface area contributed by atoms with Crippen molar-refractivity contribution in [3.05, 3.63) is 23.8 Å². The van der Waals surface area contributed by atoms with Crippen LogP contribution < -0.4 is 10.6 Å². The molecule has 104 valence electrons. The number of anilines is 2. The molecule has 2 fully saturated rings. The second-order valence-electron chi connectivity index (χ2n) is 5.75. The van der Waals surface area contributed by atoms with Gasteiger partial charge in [0, 0.05) is 13.1 Å². The third kappa shape index (κ3) is 2.86. The third-order valence-corrected chi connectivity index (χ3v) is 4.48. The molecule has 0 radical (unpaired) electrons. The Balaban J connectivity index is 1.82. The van der Waals surface area contributed by atoms with Crippen LogP contribution in [0.25, 0.3) is 0 Å². The van der Waals surface area contributed by atoms with Crippen molar-refractivity contribution in [2.24, 2.45) is 0 Å². The molecule has 3 rings (SSSR count). The zero-order chi connectivity index (χ0) is 13.1. The van der Waals surface area contributed by atoms with Gasteiger partial charge in [0.2, 0.25) is 0 Å². The van der Waals surface area contributed by atoms with Gasteiger partial charge in [-0.05, 0) is 36.5 Å². The molecule has 1 aromatic rings. The van der Waals surface area contributed by atoms with Crippen LogP contribution in [-0.4, -0.2) is 26.3 Å². The van der Waals surface area contributed by atoms with Gasteiger partial charge in [-0.25, -0.2) is 0 Å². The Morgan fingerprint density at radius 2 is 1.79 bits per heavy atom. The van der Waals surface area contributed by atoms with E-state index in [1.165, 1.54) is 43.4 Å². The monoisotopic (exact) mass is 260 g/mol. The second kappa shape index (κ2) is 5.83. The number of morpholine rings is 1. The summed E-state index contributed by atoms with van der Waals surface area (Å²) in [6, 6.07) is 6.65. The number of rotatable bonds is 2. The van der Waals surface area contributed by atoms with Gasteiger partial charge in [0.05, 0.1) is 24.6 Å². The van der Waals surface area contributed by atoms with Gasteiger partial charge in [-0.3, -0.25) is 0 Å². The summed E-state index contributed by atoms with van der Waals surface area (Å²) in [6.07, 6.45) is 6.84. The highest BCUT2D eigenvalue weighted by Gasteiger charge is 2.19. The molecule has 1 aliphatic carbocycles. The minimum atomic E-state index is 0.745. The maximum Gasteiger partial charge on any atom is 0.0642 e. The second-order valence-corrected chi connectivity index (χ2v) is 5.75. The average Bonchev–Trinajstić information content (AvgIpc) is 2.49. The normalized spacial score (nSPS) is 21.6. The van der Waals surface area contributed by atoms with E-state index in [1.54, 1.807) is 0 Å². The number of nitrogen functional groups attached to an aromatic ring is 1. The number of hydrogen-bond donors (Lipinski definition) is 1. The first-order valence-electron chi connectivity index (χ1n) is 7.57. The molecule has 0 atom stereocenters. The minimum Gasteiger partial charge on any atom is -0.397 e. The zero-order valence-electron chi connectivity index (χ0n) is 11.6. The Bertz CT molecular complexity index is 421. The lowest BCUT2D eigenvalue weighted by atomic mass is 9.84. The smallest absolute Gasteiger partial charge is 0.0642 e. The standard InChI is InChI=1S/C16H24N2O/c17-15-7-6-14(13-4-2-1-3-5-13)12-16(15)18-8-10-19-11-9-18/h6-7,12-13H,1-5,8-11,17H2. The van der Waals surface area contributed by atoms with Gasteiger partial charge < -0.3 is 15.4 Å². The van der Waals surface area contributed by atoms with Crippen molar-refractivity contribution in [3.63, 3.8) is 0 Å². The average molecular weight is 260 g/mol. The molecule has 0 unspecified atom stereocenters. The SMILES string of the molecule is Nc1ccc(C2CCCCC2)cc1N1CCOCC1. The summed E-state index contributed by atoms with van der Waals surface area (Å²) in [5.74, 6) is 0.745. The van der Waals surface area contributed by atoms with Crippen LogP contribution in [0.1, 0.15) is 43.6 Å². The van der Waals surface area contributed by atoms with Crippen LogP contribution in [-0.2, 0) is 4.74 Å². The summed E-state index contributed by atoms with van der Waals surface area (Å²) in [7, 11) is 0. The van der Waals surface area contributed by atoms with Crippen LogP contribution in [0.2, 0.25) is 0 Å². The molecule has 2 aliphatic rings. The number of ether oxygens (including phenoxy) is 1. The summed E-state index contributed by atoms with van der Waals surface area (Å²) in [5, 5.41) is 0. The van der Waals surface area contributed by atoms with Crippen LogP contribution >= 0.6 is 0 Å². The van der Waals surface area contributed by atoms with Crippen LogP contribution in [0.3, 0.4) is 0 Å². The van der Waals surface area contributed by atoms with Crippen molar-refractivity contribution in [3.8, 4) is 0 Å². The highest BCUT2D eigenvalue weighted by Crippen LogP contribution is 2.36. The lowest BCUT2D eigenvalue weighted by molar-refractivity contribution is 0.123. The number of hydrogen-bond acceptors (Lipinski definition) is 3. The lowest BCUT2D eigenvalue weighted by Crippen LogP contribution is -2.36. The number of benzene rings is 1. The molecule has 1 aromatic carbocycles. The van der Waals surface area contributed by atoms with Gasteiger partial charge in [0.15, 0.2) is 0 Å². The fraction of sp³-hybridized carbons (Fsp3) is 0.625. The van der Waals surface area contributed by atoms with E-state index in [9.17, 15) is 0 Å². The summed E-state index contributed by atoms with van der Waals surface area (Å²) < 4.78 is 5.43. The Labute approximate surface area is 115 Å². The van der Waals surface area contributed by atoms with Gasteiger partial charge in [0.25, 0.3) is 0 Å². The lowest BCUT2D eigenvalue weighted by Gasteiger charge is -2.31. The quantitative estimate of drug-likeness (QED) is 0.830. The van der Waals surface area contributed by atoms with Crippen molar-refractivity contribution < 1.29 is 4.74 Å². The van der Waals surface area contributed by atoms with Crippen molar-refractivity contribution >= 4 is 11.4 Å². The summed E-state index contributed by atoms with van der Waals surface area (Å²) in [6.45, 7) is 3.54. The van der Waals surface area contributed by atoms with E-state index in [-0.39, 0.29) is 0 Å². The Morgan fingerprint density at radius 1 is 1.05 bits per heavy atom. The van der Waals surface area contributed by atoms with Gasteiger partial charge >= 0.3 is 0 Å². The maximum absolute atomic E-state index is 6.17. The van der Waals surface area contributed by atoms with Crippen molar-refractivity contribution in [2.45, 2.75) is 38.0 Å². The zero-order valence-corrected chi connectivity index (χ0v) is 11.6. The van der Waals surface area contributed by atoms with Gasteiger partial charge in [-0.1, -0.05) is 25.3 Å². The van der Waals surface area contributed by atoms with Gasteiger partial charge in [0.1, 0.15) is 0 Å². The van der Waals surface area contributed by atoms with Crippen LogP contribution in [0, 0.1) is 0 Å². The third-order valence-electron chi connectivity index (χ3n) is 4.48. The summed E-state index contributed by atoms with van der Waals surface area (Å²) >= 11 is 0. The molecule has 0 amide bonds. The largest absolute Gasteiger partial charge is 0.397 e. The predicted molar refractivity (Wildman–Crippen MR) is 79.7 cm³/mol. The van der Waals surface area contributed by atoms with E-state index in [0.29, 0.717) is 0 Å².